The van der Waals surface area contributed by atoms with Crippen LogP contribution in [0.3, 0.4) is 0 Å². The first-order valence-electron chi connectivity index (χ1n) is 6.51. The highest BCUT2D eigenvalue weighted by Gasteiger charge is 2.06. The van der Waals surface area contributed by atoms with Crippen molar-refractivity contribution in [1.82, 2.24) is 0 Å². The molecule has 0 spiro atoms. The van der Waals surface area contributed by atoms with Gasteiger partial charge in [-0.3, -0.25) is 4.79 Å². The number of carbonyl (C=O) groups excluding carboxylic acids is 1. The smallest absolute Gasteiger partial charge is 0.306 e. The average molecular weight is 303 g/mol. The van der Waals surface area contributed by atoms with Gasteiger partial charge in [-0.1, -0.05) is 18.2 Å². The SMILES string of the molecule is COC(=O)CCSc1ccc(N)c(Oc2ccccc2)c1. The van der Waals surface area contributed by atoms with Crippen LogP contribution in [-0.4, -0.2) is 18.8 Å². The second-order valence-corrected chi connectivity index (χ2v) is 5.46. The third-order valence-corrected chi connectivity index (χ3v) is 3.75. The van der Waals surface area contributed by atoms with E-state index < -0.39 is 0 Å². The summed E-state index contributed by atoms with van der Waals surface area (Å²) in [6.07, 6.45) is 0.375. The Morgan fingerprint density at radius 2 is 1.95 bits per heavy atom. The summed E-state index contributed by atoms with van der Waals surface area (Å²) in [4.78, 5) is 12.1. The third kappa shape index (κ3) is 4.72. The topological polar surface area (TPSA) is 61.5 Å². The molecule has 0 bridgehead atoms. The molecule has 110 valence electrons. The number of anilines is 1. The van der Waals surface area contributed by atoms with Gasteiger partial charge in [0.15, 0.2) is 5.75 Å². The zero-order chi connectivity index (χ0) is 15.1. The Morgan fingerprint density at radius 3 is 2.67 bits per heavy atom. The molecule has 0 aliphatic carbocycles. The number of para-hydroxylation sites is 1. The molecule has 4 nitrogen and oxygen atoms in total. The summed E-state index contributed by atoms with van der Waals surface area (Å²) in [5, 5.41) is 0. The Balaban J connectivity index is 2.01. The van der Waals surface area contributed by atoms with E-state index >= 15 is 0 Å². The number of esters is 1. The standard InChI is InChI=1S/C16H17NO3S/c1-19-16(18)9-10-21-13-7-8-14(17)15(11-13)20-12-5-3-2-4-6-12/h2-8,11H,9-10,17H2,1H3. The zero-order valence-electron chi connectivity index (χ0n) is 11.7. The highest BCUT2D eigenvalue weighted by molar-refractivity contribution is 7.99. The Labute approximate surface area is 128 Å². The summed E-state index contributed by atoms with van der Waals surface area (Å²) in [6, 6.07) is 15.1. The van der Waals surface area contributed by atoms with Crippen LogP contribution in [0.15, 0.2) is 53.4 Å². The molecule has 2 aromatic rings. The lowest BCUT2D eigenvalue weighted by atomic mass is 10.3. The molecule has 2 rings (SSSR count). The van der Waals surface area contributed by atoms with Crippen molar-refractivity contribution in [2.24, 2.45) is 0 Å². The van der Waals surface area contributed by atoms with Gasteiger partial charge in [-0.2, -0.15) is 0 Å². The summed E-state index contributed by atoms with van der Waals surface area (Å²) in [7, 11) is 1.39. The van der Waals surface area contributed by atoms with E-state index in [-0.39, 0.29) is 5.97 Å². The van der Waals surface area contributed by atoms with Crippen LogP contribution in [0.4, 0.5) is 5.69 Å². The molecule has 2 aromatic carbocycles. The third-order valence-electron chi connectivity index (χ3n) is 2.76. The molecule has 0 saturated heterocycles. The van der Waals surface area contributed by atoms with Gasteiger partial charge in [0, 0.05) is 10.6 Å². The number of thioether (sulfide) groups is 1. The predicted octanol–water partition coefficient (Wildman–Crippen LogP) is 3.72. The number of hydrogen-bond acceptors (Lipinski definition) is 5. The molecule has 0 atom stereocenters. The number of nitrogens with two attached hydrogens (primary N) is 1. The molecule has 0 aromatic heterocycles. The van der Waals surface area contributed by atoms with Gasteiger partial charge < -0.3 is 15.2 Å². The molecule has 0 saturated carbocycles. The maximum atomic E-state index is 11.1. The molecular weight excluding hydrogens is 286 g/mol. The molecule has 0 fully saturated rings. The molecule has 0 unspecified atom stereocenters. The number of methoxy groups -OCH3 is 1. The first-order chi connectivity index (χ1) is 10.2. The molecule has 0 amide bonds. The van der Waals surface area contributed by atoms with E-state index in [1.165, 1.54) is 7.11 Å². The van der Waals surface area contributed by atoms with E-state index in [4.69, 9.17) is 10.5 Å². The van der Waals surface area contributed by atoms with E-state index in [2.05, 4.69) is 4.74 Å². The fourth-order valence-corrected chi connectivity index (χ4v) is 2.52. The van der Waals surface area contributed by atoms with Crippen molar-refractivity contribution in [2.75, 3.05) is 18.6 Å². The first-order valence-corrected chi connectivity index (χ1v) is 7.49. The van der Waals surface area contributed by atoms with Crippen molar-refractivity contribution in [3.63, 3.8) is 0 Å². The van der Waals surface area contributed by atoms with Crippen LogP contribution in [0.1, 0.15) is 6.42 Å². The maximum absolute atomic E-state index is 11.1. The number of ether oxygens (including phenoxy) is 2. The Bertz CT molecular complexity index is 602. The van der Waals surface area contributed by atoms with Crippen LogP contribution in [0.2, 0.25) is 0 Å². The lowest BCUT2D eigenvalue weighted by Crippen LogP contribution is -2.01. The number of rotatable bonds is 6. The summed E-state index contributed by atoms with van der Waals surface area (Å²) >= 11 is 1.56. The molecule has 2 N–H and O–H groups in total. The normalized spacial score (nSPS) is 10.1. The van der Waals surface area contributed by atoms with Gasteiger partial charge in [0.25, 0.3) is 0 Å². The van der Waals surface area contributed by atoms with Crippen molar-refractivity contribution in [3.8, 4) is 11.5 Å². The number of hydrogen-bond donors (Lipinski definition) is 1. The molecule has 0 heterocycles. The fraction of sp³-hybridized carbons (Fsp3) is 0.188. The summed E-state index contributed by atoms with van der Waals surface area (Å²) in [6.45, 7) is 0. The molecule has 0 aliphatic heterocycles. The Hall–Kier alpha value is -2.14. The van der Waals surface area contributed by atoms with E-state index in [1.807, 2.05) is 42.5 Å². The van der Waals surface area contributed by atoms with Crippen LogP contribution in [0.25, 0.3) is 0 Å². The van der Waals surface area contributed by atoms with E-state index in [1.54, 1.807) is 17.8 Å². The lowest BCUT2D eigenvalue weighted by Gasteiger charge is -2.10. The van der Waals surface area contributed by atoms with Crippen molar-refractivity contribution in [3.05, 3.63) is 48.5 Å². The maximum Gasteiger partial charge on any atom is 0.306 e. The van der Waals surface area contributed by atoms with Gasteiger partial charge in [0.1, 0.15) is 5.75 Å². The van der Waals surface area contributed by atoms with Crippen LogP contribution < -0.4 is 10.5 Å². The monoisotopic (exact) mass is 303 g/mol. The van der Waals surface area contributed by atoms with Crippen LogP contribution >= 0.6 is 11.8 Å². The average Bonchev–Trinajstić information content (AvgIpc) is 2.51. The highest BCUT2D eigenvalue weighted by Crippen LogP contribution is 2.32. The Morgan fingerprint density at radius 1 is 1.19 bits per heavy atom. The number of nitrogen functional groups attached to an aromatic ring is 1. The van der Waals surface area contributed by atoms with Gasteiger partial charge in [-0.05, 0) is 30.3 Å². The van der Waals surface area contributed by atoms with Crippen LogP contribution in [0, 0.1) is 0 Å². The van der Waals surface area contributed by atoms with Crippen molar-refractivity contribution in [1.29, 1.82) is 0 Å². The predicted molar refractivity (Wildman–Crippen MR) is 84.7 cm³/mol. The fourth-order valence-electron chi connectivity index (χ4n) is 1.66. The first kappa shape index (κ1) is 15.3. The minimum Gasteiger partial charge on any atom is -0.469 e. The van der Waals surface area contributed by atoms with Gasteiger partial charge in [0.05, 0.1) is 19.2 Å². The lowest BCUT2D eigenvalue weighted by molar-refractivity contribution is -0.140. The molecular formula is C16H17NO3S. The molecule has 5 heteroatoms. The van der Waals surface area contributed by atoms with E-state index in [0.717, 1.165) is 10.6 Å². The minimum absolute atomic E-state index is 0.210. The Kier molecular flexibility index (Phi) is 5.51. The second kappa shape index (κ2) is 7.59. The van der Waals surface area contributed by atoms with E-state index in [9.17, 15) is 4.79 Å². The molecule has 21 heavy (non-hydrogen) atoms. The quantitative estimate of drug-likeness (QED) is 0.500. The zero-order valence-corrected chi connectivity index (χ0v) is 12.6. The molecule has 0 aliphatic rings. The summed E-state index contributed by atoms with van der Waals surface area (Å²) in [5.41, 5.74) is 6.51. The molecule has 0 radical (unpaired) electrons. The van der Waals surface area contributed by atoms with Gasteiger partial charge in [-0.25, -0.2) is 0 Å². The van der Waals surface area contributed by atoms with Crippen LogP contribution in [-0.2, 0) is 9.53 Å². The van der Waals surface area contributed by atoms with Crippen molar-refractivity contribution >= 4 is 23.4 Å². The van der Waals surface area contributed by atoms with Crippen LogP contribution in [0.5, 0.6) is 11.5 Å². The van der Waals surface area contributed by atoms with Gasteiger partial charge in [-0.15, -0.1) is 11.8 Å². The number of benzene rings is 2. The highest BCUT2D eigenvalue weighted by atomic mass is 32.2. The van der Waals surface area contributed by atoms with E-state index in [0.29, 0.717) is 23.6 Å². The largest absolute Gasteiger partial charge is 0.469 e. The van der Waals surface area contributed by atoms with Gasteiger partial charge >= 0.3 is 5.97 Å². The van der Waals surface area contributed by atoms with Gasteiger partial charge in [0.2, 0.25) is 0 Å². The minimum atomic E-state index is -0.210. The second-order valence-electron chi connectivity index (χ2n) is 4.29. The van der Waals surface area contributed by atoms with Crippen molar-refractivity contribution < 1.29 is 14.3 Å². The summed E-state index contributed by atoms with van der Waals surface area (Å²) < 4.78 is 10.4. The number of carbonyl (C=O) groups is 1. The van der Waals surface area contributed by atoms with Crippen molar-refractivity contribution in [2.45, 2.75) is 11.3 Å². The summed E-state index contributed by atoms with van der Waals surface area (Å²) in [5.74, 6) is 1.80.